The predicted molar refractivity (Wildman–Crippen MR) is 88.6 cm³/mol. The summed E-state index contributed by atoms with van der Waals surface area (Å²) in [4.78, 5) is 2.65. The summed E-state index contributed by atoms with van der Waals surface area (Å²) in [6.07, 6.45) is 2.37. The average Bonchev–Trinajstić information content (AvgIpc) is 2.56. The normalized spacial score (nSPS) is 22.3. The van der Waals surface area contributed by atoms with Gasteiger partial charge in [-0.3, -0.25) is 4.90 Å². The van der Waals surface area contributed by atoms with Gasteiger partial charge in [0.1, 0.15) is 0 Å². The van der Waals surface area contributed by atoms with E-state index in [-0.39, 0.29) is 5.54 Å². The minimum Gasteiger partial charge on any atom is -0.380 e. The highest BCUT2D eigenvalue weighted by Gasteiger charge is 2.38. The number of rotatable bonds is 7. The summed E-state index contributed by atoms with van der Waals surface area (Å²) in [6, 6.07) is 11.2. The molecule has 1 aromatic carbocycles. The minimum absolute atomic E-state index is 0.280. The highest BCUT2D eigenvalue weighted by atomic mass is 16.5. The molecule has 21 heavy (non-hydrogen) atoms. The van der Waals surface area contributed by atoms with Crippen molar-refractivity contribution in [2.75, 3.05) is 32.8 Å². The van der Waals surface area contributed by atoms with Crippen molar-refractivity contribution >= 4 is 0 Å². The van der Waals surface area contributed by atoms with Crippen molar-refractivity contribution in [3.05, 3.63) is 35.9 Å². The van der Waals surface area contributed by atoms with Crippen LogP contribution < -0.4 is 5.32 Å². The van der Waals surface area contributed by atoms with Gasteiger partial charge in [-0.05, 0) is 25.3 Å². The lowest BCUT2D eigenvalue weighted by atomic mass is 9.86. The van der Waals surface area contributed by atoms with Gasteiger partial charge < -0.3 is 10.1 Å². The van der Waals surface area contributed by atoms with Crippen LogP contribution in [0.5, 0.6) is 0 Å². The van der Waals surface area contributed by atoms with E-state index in [1.54, 1.807) is 0 Å². The average molecular weight is 290 g/mol. The van der Waals surface area contributed by atoms with Gasteiger partial charge in [-0.25, -0.2) is 0 Å². The van der Waals surface area contributed by atoms with Crippen molar-refractivity contribution in [1.82, 2.24) is 10.2 Å². The maximum Gasteiger partial charge on any atom is 0.0593 e. The molecule has 1 fully saturated rings. The minimum atomic E-state index is 0.280. The molecule has 1 heterocycles. The number of nitrogens with one attached hydrogen (secondary N) is 1. The van der Waals surface area contributed by atoms with Gasteiger partial charge in [0, 0.05) is 37.8 Å². The monoisotopic (exact) mass is 290 g/mol. The van der Waals surface area contributed by atoms with Crippen molar-refractivity contribution in [1.29, 1.82) is 0 Å². The highest BCUT2D eigenvalue weighted by molar-refractivity contribution is 5.20. The lowest BCUT2D eigenvalue weighted by Crippen LogP contribution is -2.62. The molecular weight excluding hydrogens is 260 g/mol. The molecule has 3 nitrogen and oxygen atoms in total. The van der Waals surface area contributed by atoms with Crippen LogP contribution in [0.2, 0.25) is 0 Å². The third kappa shape index (κ3) is 3.85. The van der Waals surface area contributed by atoms with E-state index in [0.717, 1.165) is 32.8 Å². The topological polar surface area (TPSA) is 24.5 Å². The molecule has 0 saturated carbocycles. The first kappa shape index (κ1) is 16.5. The van der Waals surface area contributed by atoms with Crippen LogP contribution >= 0.6 is 0 Å². The Morgan fingerprint density at radius 1 is 1.19 bits per heavy atom. The van der Waals surface area contributed by atoms with E-state index in [1.807, 2.05) is 0 Å². The van der Waals surface area contributed by atoms with Crippen molar-refractivity contribution in [2.45, 2.75) is 45.2 Å². The van der Waals surface area contributed by atoms with Crippen LogP contribution in [0.1, 0.15) is 45.2 Å². The Kier molecular flexibility index (Phi) is 6.22. The van der Waals surface area contributed by atoms with E-state index in [0.29, 0.717) is 6.04 Å². The summed E-state index contributed by atoms with van der Waals surface area (Å²) in [5.41, 5.74) is 1.67. The Labute approximate surface area is 129 Å². The summed E-state index contributed by atoms with van der Waals surface area (Å²) in [5.74, 6) is 0. The van der Waals surface area contributed by atoms with Crippen molar-refractivity contribution in [2.24, 2.45) is 0 Å². The first-order chi connectivity index (χ1) is 10.3. The van der Waals surface area contributed by atoms with Gasteiger partial charge in [-0.1, -0.05) is 44.2 Å². The van der Waals surface area contributed by atoms with Crippen LogP contribution in [0, 0.1) is 0 Å². The molecule has 2 rings (SSSR count). The van der Waals surface area contributed by atoms with Gasteiger partial charge in [-0.15, -0.1) is 0 Å². The molecule has 0 amide bonds. The highest BCUT2D eigenvalue weighted by Crippen LogP contribution is 2.31. The van der Waals surface area contributed by atoms with Crippen molar-refractivity contribution in [3.63, 3.8) is 0 Å². The predicted octanol–water partition coefficient (Wildman–Crippen LogP) is 3.23. The fourth-order valence-electron chi connectivity index (χ4n) is 3.41. The zero-order chi connectivity index (χ0) is 15.1. The van der Waals surface area contributed by atoms with E-state index in [2.05, 4.69) is 61.3 Å². The third-order valence-corrected chi connectivity index (χ3v) is 4.98. The van der Waals surface area contributed by atoms with Crippen LogP contribution in [0.4, 0.5) is 0 Å². The van der Waals surface area contributed by atoms with Gasteiger partial charge in [-0.2, -0.15) is 0 Å². The Balaban J connectivity index is 2.08. The molecule has 1 saturated heterocycles. The van der Waals surface area contributed by atoms with Crippen LogP contribution in [0.3, 0.4) is 0 Å². The molecule has 1 N–H and O–H groups in total. The molecule has 1 atom stereocenters. The van der Waals surface area contributed by atoms with E-state index < -0.39 is 0 Å². The molecule has 1 unspecified atom stereocenters. The molecule has 0 aliphatic carbocycles. The molecule has 1 aromatic rings. The SMILES string of the molecule is CCOCCN1CC(c2ccccc2)NCC1(CC)CC. The van der Waals surface area contributed by atoms with Gasteiger partial charge in [0.05, 0.1) is 6.61 Å². The standard InChI is InChI=1S/C18H30N2O/c1-4-18(5-2)15-19-17(16-10-8-7-9-11-16)14-20(18)12-13-21-6-3/h7-11,17,19H,4-6,12-15H2,1-3H3. The van der Waals surface area contributed by atoms with E-state index in [9.17, 15) is 0 Å². The van der Waals surface area contributed by atoms with E-state index in [4.69, 9.17) is 4.74 Å². The Bertz CT molecular complexity index is 403. The quantitative estimate of drug-likeness (QED) is 0.780. The van der Waals surface area contributed by atoms with Gasteiger partial charge >= 0.3 is 0 Å². The molecule has 0 radical (unpaired) electrons. The lowest BCUT2D eigenvalue weighted by molar-refractivity contribution is 0.00598. The molecule has 0 bridgehead atoms. The third-order valence-electron chi connectivity index (χ3n) is 4.98. The van der Waals surface area contributed by atoms with E-state index in [1.165, 1.54) is 18.4 Å². The second-order valence-corrected chi connectivity index (χ2v) is 5.92. The number of benzene rings is 1. The first-order valence-electron chi connectivity index (χ1n) is 8.37. The Hall–Kier alpha value is -0.900. The second-order valence-electron chi connectivity index (χ2n) is 5.92. The number of piperazine rings is 1. The van der Waals surface area contributed by atoms with Crippen LogP contribution in [0.25, 0.3) is 0 Å². The molecule has 1 aliphatic heterocycles. The molecule has 1 aliphatic rings. The molecular formula is C18H30N2O. The zero-order valence-corrected chi connectivity index (χ0v) is 13.8. The molecule has 0 spiro atoms. The molecule has 3 heteroatoms. The number of nitrogens with zero attached hydrogens (tertiary/aromatic N) is 1. The molecule has 0 aromatic heterocycles. The van der Waals surface area contributed by atoms with Crippen LogP contribution in [0.15, 0.2) is 30.3 Å². The van der Waals surface area contributed by atoms with Crippen molar-refractivity contribution < 1.29 is 4.74 Å². The summed E-state index contributed by atoms with van der Waals surface area (Å²) in [7, 11) is 0. The summed E-state index contributed by atoms with van der Waals surface area (Å²) in [5, 5.41) is 3.77. The molecule has 118 valence electrons. The number of ether oxygens (including phenoxy) is 1. The summed E-state index contributed by atoms with van der Waals surface area (Å²) >= 11 is 0. The Morgan fingerprint density at radius 2 is 1.90 bits per heavy atom. The Morgan fingerprint density at radius 3 is 2.52 bits per heavy atom. The summed E-state index contributed by atoms with van der Waals surface area (Å²) in [6.45, 7) is 11.5. The largest absolute Gasteiger partial charge is 0.380 e. The van der Waals surface area contributed by atoms with E-state index >= 15 is 0 Å². The smallest absolute Gasteiger partial charge is 0.0593 e. The fraction of sp³-hybridized carbons (Fsp3) is 0.667. The van der Waals surface area contributed by atoms with Crippen molar-refractivity contribution in [3.8, 4) is 0 Å². The first-order valence-corrected chi connectivity index (χ1v) is 8.37. The van der Waals surface area contributed by atoms with Gasteiger partial charge in [0.2, 0.25) is 0 Å². The van der Waals surface area contributed by atoms with Crippen LogP contribution in [-0.4, -0.2) is 43.3 Å². The van der Waals surface area contributed by atoms with Crippen LogP contribution in [-0.2, 0) is 4.74 Å². The maximum absolute atomic E-state index is 5.60. The lowest BCUT2D eigenvalue weighted by Gasteiger charge is -2.50. The summed E-state index contributed by atoms with van der Waals surface area (Å²) < 4.78 is 5.60. The second kappa shape index (κ2) is 7.92. The van der Waals surface area contributed by atoms with Gasteiger partial charge in [0.25, 0.3) is 0 Å². The maximum atomic E-state index is 5.60. The number of hydrogen-bond donors (Lipinski definition) is 1. The number of hydrogen-bond acceptors (Lipinski definition) is 3. The fourth-order valence-corrected chi connectivity index (χ4v) is 3.41. The zero-order valence-electron chi connectivity index (χ0n) is 13.8. The van der Waals surface area contributed by atoms with Gasteiger partial charge in [0.15, 0.2) is 0 Å².